The molecule has 102 valence electrons. The molecule has 0 saturated heterocycles. The molecule has 0 radical (unpaired) electrons. The summed E-state index contributed by atoms with van der Waals surface area (Å²) in [7, 11) is -4.07. The zero-order valence-corrected chi connectivity index (χ0v) is 11.0. The number of hydrogen-bond donors (Lipinski definition) is 0. The van der Waals surface area contributed by atoms with Crippen molar-refractivity contribution >= 4 is 13.3 Å². The summed E-state index contributed by atoms with van der Waals surface area (Å²) in [5.41, 5.74) is 1.50. The smallest absolute Gasteiger partial charge is 0.599 e. The van der Waals surface area contributed by atoms with Crippen LogP contribution >= 0.6 is 0 Å². The standard InChI is InChI=1S/C15H14BF2NO/c1-12(13-7-3-2-4-8-13)19-11-14-9-5-6-10-15(14)20-16(19,17)18/h2-12H,1H3/t12-/m1/s1. The van der Waals surface area contributed by atoms with Crippen LogP contribution in [0, 0.1) is 0 Å². The zero-order chi connectivity index (χ0) is 14.2. The molecule has 1 heterocycles. The Balaban J connectivity index is 2.06. The quantitative estimate of drug-likeness (QED) is 0.761. The fourth-order valence-corrected chi connectivity index (χ4v) is 2.43. The molecule has 0 unspecified atom stereocenters. The molecule has 0 aliphatic carbocycles. The lowest BCUT2D eigenvalue weighted by molar-refractivity contribution is -0.479. The molecule has 1 aliphatic rings. The Labute approximate surface area is 116 Å². The number of nitrogens with zero attached hydrogens (tertiary/aromatic N) is 1. The van der Waals surface area contributed by atoms with E-state index in [1.54, 1.807) is 31.2 Å². The first-order valence-corrected chi connectivity index (χ1v) is 6.54. The van der Waals surface area contributed by atoms with Crippen LogP contribution in [0.2, 0.25) is 0 Å². The molecule has 2 nitrogen and oxygen atoms in total. The Hall–Kier alpha value is -2.17. The molecule has 0 bridgehead atoms. The molecule has 0 fully saturated rings. The highest BCUT2D eigenvalue weighted by Gasteiger charge is 2.50. The van der Waals surface area contributed by atoms with Crippen molar-refractivity contribution in [2.45, 2.75) is 13.0 Å². The molecule has 0 saturated carbocycles. The molecule has 1 atom stereocenters. The van der Waals surface area contributed by atoms with Gasteiger partial charge in [-0.25, -0.2) is 0 Å². The van der Waals surface area contributed by atoms with E-state index in [0.29, 0.717) is 5.56 Å². The van der Waals surface area contributed by atoms with E-state index < -0.39 is 13.1 Å². The minimum absolute atomic E-state index is 0.231. The molecule has 20 heavy (non-hydrogen) atoms. The van der Waals surface area contributed by atoms with Crippen LogP contribution in [0.25, 0.3) is 0 Å². The lowest BCUT2D eigenvalue weighted by atomic mass is 9.94. The largest absolute Gasteiger partial charge is 0.828 e. The summed E-state index contributed by atoms with van der Waals surface area (Å²) in [6, 6.07) is 15.6. The summed E-state index contributed by atoms with van der Waals surface area (Å²) in [6.07, 6.45) is 1.48. The van der Waals surface area contributed by atoms with Crippen LogP contribution in [0.1, 0.15) is 24.1 Å². The van der Waals surface area contributed by atoms with Crippen LogP contribution < -0.4 is 4.65 Å². The maximum absolute atomic E-state index is 14.2. The van der Waals surface area contributed by atoms with Crippen molar-refractivity contribution in [3.63, 3.8) is 0 Å². The Morgan fingerprint density at radius 3 is 2.40 bits per heavy atom. The summed E-state index contributed by atoms with van der Waals surface area (Å²) in [6.45, 7) is 1.75. The number of halogens is 2. The minimum atomic E-state index is -4.07. The molecular formula is C15H14BF2NO. The highest BCUT2D eigenvalue weighted by atomic mass is 19.3. The van der Waals surface area contributed by atoms with Crippen LogP contribution in [-0.4, -0.2) is 17.7 Å². The van der Waals surface area contributed by atoms with E-state index in [1.165, 1.54) is 6.21 Å². The van der Waals surface area contributed by atoms with E-state index in [-0.39, 0.29) is 5.75 Å². The van der Waals surface area contributed by atoms with Crippen molar-refractivity contribution in [3.05, 3.63) is 65.7 Å². The predicted octanol–water partition coefficient (Wildman–Crippen LogP) is 3.65. The Morgan fingerprint density at radius 2 is 1.65 bits per heavy atom. The van der Waals surface area contributed by atoms with Gasteiger partial charge in [-0.05, 0) is 19.1 Å². The summed E-state index contributed by atoms with van der Waals surface area (Å²) in [4.78, 5) is 0. The van der Waals surface area contributed by atoms with Gasteiger partial charge in [0.1, 0.15) is 12.3 Å². The van der Waals surface area contributed by atoms with Gasteiger partial charge in [0.15, 0.2) is 0 Å². The third-order valence-electron chi connectivity index (χ3n) is 3.55. The first-order valence-electron chi connectivity index (χ1n) is 6.54. The Bertz CT molecular complexity index is 658. The fraction of sp³-hybridized carbons (Fsp3) is 0.133. The second-order valence-corrected chi connectivity index (χ2v) is 4.88. The summed E-state index contributed by atoms with van der Waals surface area (Å²) in [5.74, 6) is 0.231. The van der Waals surface area contributed by atoms with E-state index in [1.807, 2.05) is 30.3 Å². The highest BCUT2D eigenvalue weighted by Crippen LogP contribution is 2.31. The van der Waals surface area contributed by atoms with Crippen molar-refractivity contribution in [2.24, 2.45) is 0 Å². The van der Waals surface area contributed by atoms with Gasteiger partial charge < -0.3 is 17.8 Å². The molecule has 0 N–H and O–H groups in total. The number of benzene rings is 2. The maximum atomic E-state index is 14.2. The monoisotopic (exact) mass is 273 g/mol. The first kappa shape index (κ1) is 12.8. The Kier molecular flexibility index (Phi) is 3.05. The van der Waals surface area contributed by atoms with Gasteiger partial charge in [-0.3, -0.25) is 0 Å². The van der Waals surface area contributed by atoms with Crippen molar-refractivity contribution in [2.75, 3.05) is 0 Å². The van der Waals surface area contributed by atoms with E-state index in [0.717, 1.165) is 10.0 Å². The molecule has 5 heteroatoms. The molecule has 0 amide bonds. The average molecular weight is 273 g/mol. The van der Waals surface area contributed by atoms with E-state index in [2.05, 4.69) is 0 Å². The van der Waals surface area contributed by atoms with E-state index >= 15 is 0 Å². The summed E-state index contributed by atoms with van der Waals surface area (Å²) >= 11 is 0. The van der Waals surface area contributed by atoms with Crippen LogP contribution in [0.3, 0.4) is 0 Å². The first-order chi connectivity index (χ1) is 9.58. The minimum Gasteiger partial charge on any atom is -0.599 e. The molecule has 2 aromatic rings. The number of rotatable bonds is 2. The van der Waals surface area contributed by atoms with Crippen molar-refractivity contribution < 1.29 is 17.8 Å². The average Bonchev–Trinajstić information content (AvgIpc) is 2.46. The number of para-hydroxylation sites is 1. The van der Waals surface area contributed by atoms with Crippen molar-refractivity contribution in [1.29, 1.82) is 0 Å². The molecule has 0 aromatic heterocycles. The van der Waals surface area contributed by atoms with Gasteiger partial charge in [0, 0.05) is 5.56 Å². The topological polar surface area (TPSA) is 12.2 Å². The van der Waals surface area contributed by atoms with E-state index in [9.17, 15) is 8.63 Å². The Morgan fingerprint density at radius 1 is 1.00 bits per heavy atom. The molecule has 3 rings (SSSR count). The van der Waals surface area contributed by atoms with Gasteiger partial charge in [0.25, 0.3) is 0 Å². The molecular weight excluding hydrogens is 259 g/mol. The second kappa shape index (κ2) is 4.74. The second-order valence-electron chi connectivity index (χ2n) is 4.88. The van der Waals surface area contributed by atoms with Crippen LogP contribution in [0.4, 0.5) is 8.63 Å². The van der Waals surface area contributed by atoms with Gasteiger partial charge in [-0.2, -0.15) is 0 Å². The number of hydrogen-bond acceptors (Lipinski definition) is 1. The summed E-state index contributed by atoms with van der Waals surface area (Å²) < 4.78 is 34.3. The van der Waals surface area contributed by atoms with Crippen LogP contribution in [0.15, 0.2) is 54.6 Å². The van der Waals surface area contributed by atoms with Crippen LogP contribution in [0.5, 0.6) is 5.75 Å². The lowest BCUT2D eigenvalue weighted by Gasteiger charge is -2.31. The van der Waals surface area contributed by atoms with Crippen molar-refractivity contribution in [1.82, 2.24) is 0 Å². The molecule has 2 aromatic carbocycles. The predicted molar refractivity (Wildman–Crippen MR) is 75.3 cm³/mol. The van der Waals surface area contributed by atoms with Crippen LogP contribution in [-0.2, 0) is 0 Å². The van der Waals surface area contributed by atoms with Gasteiger partial charge in [-0.1, -0.05) is 42.5 Å². The lowest BCUT2D eigenvalue weighted by Crippen LogP contribution is -2.49. The normalized spacial score (nSPS) is 17.6. The van der Waals surface area contributed by atoms with Gasteiger partial charge in [-0.15, -0.1) is 0 Å². The fourth-order valence-electron chi connectivity index (χ4n) is 2.43. The van der Waals surface area contributed by atoms with E-state index in [4.69, 9.17) is 4.65 Å². The maximum Gasteiger partial charge on any atom is 0.828 e. The molecule has 0 spiro atoms. The van der Waals surface area contributed by atoms with Gasteiger partial charge in [0.2, 0.25) is 0 Å². The number of fused-ring (bicyclic) bond motifs is 1. The molecule has 1 aliphatic heterocycles. The summed E-state index contributed by atoms with van der Waals surface area (Å²) in [5, 5.41) is 0. The zero-order valence-electron chi connectivity index (χ0n) is 11.0. The van der Waals surface area contributed by atoms with Gasteiger partial charge in [0.05, 0.1) is 11.3 Å². The SMILES string of the molecule is C[C@H](c1ccccc1)[N+]1=Cc2ccccc2O[B-]1(F)F. The third kappa shape index (κ3) is 2.20. The van der Waals surface area contributed by atoms with Crippen molar-refractivity contribution in [3.8, 4) is 5.75 Å². The highest BCUT2D eigenvalue weighted by molar-refractivity contribution is 6.52. The third-order valence-corrected chi connectivity index (χ3v) is 3.55. The van der Waals surface area contributed by atoms with Gasteiger partial charge >= 0.3 is 7.04 Å².